The number of nitrogens with one attached hydrogen (secondary N) is 1. The highest BCUT2D eigenvalue weighted by atomic mass is 16.3. The molecule has 1 heterocycles. The largest absolute Gasteiger partial charge is 0.390 e. The number of aliphatic hydroxyl groups is 2. The summed E-state index contributed by atoms with van der Waals surface area (Å²) in [4.78, 5) is 3.17. The van der Waals surface area contributed by atoms with Crippen LogP contribution in [-0.2, 0) is 6.42 Å². The number of aliphatic hydroxyl groups excluding tert-OH is 2. The summed E-state index contributed by atoms with van der Waals surface area (Å²) in [6, 6.07) is 7.98. The lowest BCUT2D eigenvalue weighted by molar-refractivity contribution is -0.00715. The van der Waals surface area contributed by atoms with Crippen molar-refractivity contribution in [2.75, 3.05) is 0 Å². The van der Waals surface area contributed by atoms with Crippen molar-refractivity contribution in [2.45, 2.75) is 32.5 Å². The number of fused-ring (bicyclic) bond motifs is 1. The molecular formula is C14H19NO2. The van der Waals surface area contributed by atoms with Crippen LogP contribution in [0.25, 0.3) is 10.9 Å². The molecule has 2 aromatic rings. The van der Waals surface area contributed by atoms with Crippen LogP contribution in [-0.4, -0.2) is 27.4 Å². The molecular weight excluding hydrogens is 214 g/mol. The van der Waals surface area contributed by atoms with E-state index in [1.165, 1.54) is 0 Å². The predicted octanol–water partition coefficient (Wildman–Crippen LogP) is 2.09. The minimum atomic E-state index is -0.714. The predicted molar refractivity (Wildman–Crippen MR) is 68.9 cm³/mol. The smallest absolute Gasteiger partial charge is 0.0842 e. The molecule has 2 atom stereocenters. The average Bonchev–Trinajstić information content (AvgIpc) is 2.71. The zero-order chi connectivity index (χ0) is 12.4. The van der Waals surface area contributed by atoms with Gasteiger partial charge in [-0.2, -0.15) is 0 Å². The van der Waals surface area contributed by atoms with E-state index >= 15 is 0 Å². The van der Waals surface area contributed by atoms with Crippen LogP contribution >= 0.6 is 0 Å². The molecule has 0 amide bonds. The number of para-hydroxylation sites is 1. The molecule has 17 heavy (non-hydrogen) atoms. The number of benzene rings is 1. The first-order chi connectivity index (χ1) is 8.09. The fourth-order valence-electron chi connectivity index (χ4n) is 2.09. The second-order valence-corrected chi connectivity index (χ2v) is 4.87. The number of hydrogen-bond acceptors (Lipinski definition) is 2. The van der Waals surface area contributed by atoms with Crippen LogP contribution in [0, 0.1) is 5.92 Å². The van der Waals surface area contributed by atoms with E-state index in [9.17, 15) is 10.2 Å². The highest BCUT2D eigenvalue weighted by molar-refractivity contribution is 5.83. The number of aromatic amines is 1. The summed E-state index contributed by atoms with van der Waals surface area (Å²) in [6.07, 6.45) is 0.988. The molecule has 0 fully saturated rings. The van der Waals surface area contributed by atoms with Gasteiger partial charge in [-0.3, -0.25) is 0 Å². The van der Waals surface area contributed by atoms with E-state index < -0.39 is 12.2 Å². The van der Waals surface area contributed by atoms with Gasteiger partial charge in [0.1, 0.15) is 0 Å². The molecule has 92 valence electrons. The summed E-state index contributed by atoms with van der Waals surface area (Å²) in [7, 11) is 0. The zero-order valence-corrected chi connectivity index (χ0v) is 10.2. The van der Waals surface area contributed by atoms with Crippen molar-refractivity contribution >= 4 is 10.9 Å². The average molecular weight is 233 g/mol. The maximum absolute atomic E-state index is 9.96. The third-order valence-electron chi connectivity index (χ3n) is 3.18. The molecule has 3 heteroatoms. The van der Waals surface area contributed by atoms with Gasteiger partial charge in [0.05, 0.1) is 12.2 Å². The topological polar surface area (TPSA) is 56.2 Å². The normalized spacial score (nSPS) is 15.4. The lowest BCUT2D eigenvalue weighted by Gasteiger charge is -2.20. The summed E-state index contributed by atoms with van der Waals surface area (Å²) in [5.74, 6) is 0.0650. The molecule has 1 aromatic heterocycles. The third kappa shape index (κ3) is 2.51. The van der Waals surface area contributed by atoms with Crippen LogP contribution in [0.1, 0.15) is 19.4 Å². The highest BCUT2D eigenvalue weighted by Gasteiger charge is 2.20. The first kappa shape index (κ1) is 12.1. The third-order valence-corrected chi connectivity index (χ3v) is 3.18. The van der Waals surface area contributed by atoms with Crippen LogP contribution in [0.5, 0.6) is 0 Å². The number of H-pyrrole nitrogens is 1. The van der Waals surface area contributed by atoms with Gasteiger partial charge in [0.25, 0.3) is 0 Å². The second-order valence-electron chi connectivity index (χ2n) is 4.87. The van der Waals surface area contributed by atoms with Gasteiger partial charge in [-0.15, -0.1) is 0 Å². The SMILES string of the molecule is CC(C)C(O)C(O)Cc1c[nH]c2ccccc12. The number of aromatic nitrogens is 1. The molecule has 0 spiro atoms. The van der Waals surface area contributed by atoms with Gasteiger partial charge in [0, 0.05) is 23.5 Å². The van der Waals surface area contributed by atoms with Crippen LogP contribution < -0.4 is 0 Å². The van der Waals surface area contributed by atoms with Gasteiger partial charge < -0.3 is 15.2 Å². The second kappa shape index (κ2) is 4.90. The molecule has 0 saturated heterocycles. The Morgan fingerprint density at radius 1 is 1.18 bits per heavy atom. The summed E-state index contributed by atoms with van der Waals surface area (Å²) < 4.78 is 0. The van der Waals surface area contributed by atoms with E-state index in [2.05, 4.69) is 4.98 Å². The van der Waals surface area contributed by atoms with Gasteiger partial charge in [-0.05, 0) is 17.5 Å². The van der Waals surface area contributed by atoms with Crippen molar-refractivity contribution < 1.29 is 10.2 Å². The van der Waals surface area contributed by atoms with E-state index in [-0.39, 0.29) is 5.92 Å². The Hall–Kier alpha value is -1.32. The van der Waals surface area contributed by atoms with Crippen molar-refractivity contribution in [1.82, 2.24) is 4.98 Å². The van der Waals surface area contributed by atoms with Crippen molar-refractivity contribution in [3.63, 3.8) is 0 Å². The fourth-order valence-corrected chi connectivity index (χ4v) is 2.09. The maximum Gasteiger partial charge on any atom is 0.0842 e. The van der Waals surface area contributed by atoms with Crippen LogP contribution in [0.3, 0.4) is 0 Å². The Morgan fingerprint density at radius 2 is 1.88 bits per heavy atom. The molecule has 3 nitrogen and oxygen atoms in total. The number of rotatable bonds is 4. The lowest BCUT2D eigenvalue weighted by Crippen LogP contribution is -2.32. The molecule has 0 radical (unpaired) electrons. The van der Waals surface area contributed by atoms with Gasteiger partial charge in [-0.1, -0.05) is 32.0 Å². The van der Waals surface area contributed by atoms with Crippen molar-refractivity contribution in [2.24, 2.45) is 5.92 Å². The molecule has 0 bridgehead atoms. The molecule has 0 aliphatic rings. The molecule has 2 unspecified atom stereocenters. The van der Waals surface area contributed by atoms with Crippen molar-refractivity contribution in [3.05, 3.63) is 36.0 Å². The zero-order valence-electron chi connectivity index (χ0n) is 10.2. The Kier molecular flexibility index (Phi) is 3.50. The van der Waals surface area contributed by atoms with E-state index in [0.717, 1.165) is 16.5 Å². The van der Waals surface area contributed by atoms with E-state index in [1.807, 2.05) is 44.3 Å². The molecule has 2 rings (SSSR count). The monoisotopic (exact) mass is 233 g/mol. The molecule has 0 aliphatic carbocycles. The number of hydrogen-bond donors (Lipinski definition) is 3. The maximum atomic E-state index is 9.96. The molecule has 1 aromatic carbocycles. The van der Waals surface area contributed by atoms with Crippen molar-refractivity contribution in [3.8, 4) is 0 Å². The van der Waals surface area contributed by atoms with Crippen molar-refractivity contribution in [1.29, 1.82) is 0 Å². The van der Waals surface area contributed by atoms with E-state index in [1.54, 1.807) is 0 Å². The van der Waals surface area contributed by atoms with Crippen LogP contribution in [0.2, 0.25) is 0 Å². The van der Waals surface area contributed by atoms with Gasteiger partial charge in [-0.25, -0.2) is 0 Å². The molecule has 3 N–H and O–H groups in total. The Morgan fingerprint density at radius 3 is 2.59 bits per heavy atom. The van der Waals surface area contributed by atoms with Crippen LogP contribution in [0.4, 0.5) is 0 Å². The van der Waals surface area contributed by atoms with E-state index in [0.29, 0.717) is 6.42 Å². The minimum Gasteiger partial charge on any atom is -0.390 e. The van der Waals surface area contributed by atoms with Gasteiger partial charge in [0.15, 0.2) is 0 Å². The van der Waals surface area contributed by atoms with E-state index in [4.69, 9.17) is 0 Å². The van der Waals surface area contributed by atoms with Gasteiger partial charge in [0.2, 0.25) is 0 Å². The summed E-state index contributed by atoms with van der Waals surface area (Å²) in [5.41, 5.74) is 2.11. The Balaban J connectivity index is 2.18. The fraction of sp³-hybridized carbons (Fsp3) is 0.429. The quantitative estimate of drug-likeness (QED) is 0.757. The minimum absolute atomic E-state index is 0.0650. The lowest BCUT2D eigenvalue weighted by atomic mass is 9.96. The summed E-state index contributed by atoms with van der Waals surface area (Å²) in [5, 5.41) is 20.9. The van der Waals surface area contributed by atoms with Crippen LogP contribution in [0.15, 0.2) is 30.5 Å². The first-order valence-electron chi connectivity index (χ1n) is 6.00. The standard InChI is InChI=1S/C14H19NO2/c1-9(2)14(17)13(16)7-10-8-15-12-6-4-3-5-11(10)12/h3-6,8-9,13-17H,7H2,1-2H3. The Labute approximate surface area is 101 Å². The van der Waals surface area contributed by atoms with Gasteiger partial charge >= 0.3 is 0 Å². The Bertz CT molecular complexity index is 490. The first-order valence-corrected chi connectivity index (χ1v) is 6.00. The summed E-state index contributed by atoms with van der Waals surface area (Å²) in [6.45, 7) is 3.81. The molecule has 0 aliphatic heterocycles. The summed E-state index contributed by atoms with van der Waals surface area (Å²) >= 11 is 0. The highest BCUT2D eigenvalue weighted by Crippen LogP contribution is 2.20. The molecule has 0 saturated carbocycles.